The summed E-state index contributed by atoms with van der Waals surface area (Å²) in [5, 5.41) is 1.10. The van der Waals surface area contributed by atoms with Gasteiger partial charge in [-0.15, -0.1) is 0 Å². The van der Waals surface area contributed by atoms with Crippen molar-refractivity contribution < 1.29 is 14.3 Å². The van der Waals surface area contributed by atoms with Crippen LogP contribution >= 0.6 is 0 Å². The molecule has 0 saturated heterocycles. The van der Waals surface area contributed by atoms with Crippen LogP contribution in [-0.2, 0) is 11.3 Å². The Labute approximate surface area is 183 Å². The maximum atomic E-state index is 13.2. The van der Waals surface area contributed by atoms with Crippen molar-refractivity contribution in [2.24, 2.45) is 5.92 Å². The highest BCUT2D eigenvalue weighted by Gasteiger charge is 2.29. The maximum absolute atomic E-state index is 13.2. The number of hydrogen-bond acceptors (Lipinski definition) is 4. The molecule has 1 saturated carbocycles. The summed E-state index contributed by atoms with van der Waals surface area (Å²) in [5.74, 6) is 1.88. The third kappa shape index (κ3) is 3.97. The van der Waals surface area contributed by atoms with Crippen molar-refractivity contribution in [3.05, 3.63) is 54.2 Å². The number of nitrogens with zero attached hydrogens (tertiary/aromatic N) is 2. The summed E-state index contributed by atoms with van der Waals surface area (Å²) in [6.07, 6.45) is 7.47. The van der Waals surface area contributed by atoms with Crippen LogP contribution in [0.4, 0.5) is 0 Å². The largest absolute Gasteiger partial charge is 0.493 e. The summed E-state index contributed by atoms with van der Waals surface area (Å²) in [5.41, 5.74) is 4.00. The van der Waals surface area contributed by atoms with Crippen LogP contribution in [0.1, 0.15) is 37.7 Å². The smallest absolute Gasteiger partial charge is 0.226 e. The first kappa shape index (κ1) is 19.9. The maximum Gasteiger partial charge on any atom is 0.226 e. The molecular formula is C26H28N2O3. The molecule has 31 heavy (non-hydrogen) atoms. The van der Waals surface area contributed by atoms with Gasteiger partial charge in [0.15, 0.2) is 11.5 Å². The van der Waals surface area contributed by atoms with Crippen LogP contribution in [0.25, 0.3) is 22.0 Å². The predicted molar refractivity (Wildman–Crippen MR) is 121 cm³/mol. The van der Waals surface area contributed by atoms with Crippen LogP contribution in [0, 0.1) is 5.92 Å². The normalized spacial score (nSPS) is 17.0. The molecule has 160 valence electrons. The Hall–Kier alpha value is -3.08. The van der Waals surface area contributed by atoms with E-state index in [1.54, 1.807) is 7.11 Å². The molecule has 1 aliphatic carbocycles. The van der Waals surface area contributed by atoms with Crippen LogP contribution < -0.4 is 9.47 Å². The van der Waals surface area contributed by atoms with Crippen LogP contribution in [0.5, 0.6) is 11.5 Å². The third-order valence-corrected chi connectivity index (χ3v) is 6.51. The minimum atomic E-state index is 0.157. The van der Waals surface area contributed by atoms with Gasteiger partial charge in [-0.2, -0.15) is 0 Å². The molecule has 0 bridgehead atoms. The summed E-state index contributed by atoms with van der Waals surface area (Å²) in [6.45, 7) is 1.65. The first-order valence-corrected chi connectivity index (χ1v) is 11.2. The number of rotatable bonds is 3. The van der Waals surface area contributed by atoms with Gasteiger partial charge in [0.05, 0.1) is 19.2 Å². The molecule has 3 aromatic rings. The summed E-state index contributed by atoms with van der Waals surface area (Å²) >= 11 is 0. The molecule has 1 amide bonds. The molecule has 0 atom stereocenters. The second kappa shape index (κ2) is 8.58. The Morgan fingerprint density at radius 2 is 1.94 bits per heavy atom. The number of para-hydroxylation sites is 1. The van der Waals surface area contributed by atoms with Gasteiger partial charge < -0.3 is 14.4 Å². The summed E-state index contributed by atoms with van der Waals surface area (Å²) in [6, 6.07) is 14.4. The molecule has 1 aromatic heterocycles. The van der Waals surface area contributed by atoms with E-state index in [4.69, 9.17) is 9.47 Å². The zero-order valence-corrected chi connectivity index (χ0v) is 18.0. The Bertz CT molecular complexity index is 1110. The lowest BCUT2D eigenvalue weighted by Gasteiger charge is -2.28. The van der Waals surface area contributed by atoms with E-state index in [0.29, 0.717) is 25.4 Å². The van der Waals surface area contributed by atoms with Crippen molar-refractivity contribution in [3.8, 4) is 22.6 Å². The first-order valence-electron chi connectivity index (χ1n) is 11.2. The van der Waals surface area contributed by atoms with Crippen molar-refractivity contribution in [1.82, 2.24) is 9.88 Å². The summed E-state index contributed by atoms with van der Waals surface area (Å²) < 4.78 is 11.7. The number of aromatic nitrogens is 1. The van der Waals surface area contributed by atoms with Gasteiger partial charge >= 0.3 is 0 Å². The fourth-order valence-electron chi connectivity index (χ4n) is 4.83. The fraction of sp³-hybridized carbons (Fsp3) is 0.385. The highest BCUT2D eigenvalue weighted by atomic mass is 16.5. The molecule has 5 rings (SSSR count). The van der Waals surface area contributed by atoms with Crippen molar-refractivity contribution in [2.75, 3.05) is 20.3 Å². The van der Waals surface area contributed by atoms with Crippen molar-refractivity contribution in [1.29, 1.82) is 0 Å². The second-order valence-corrected chi connectivity index (χ2v) is 8.53. The Kier molecular flexibility index (Phi) is 5.49. The average Bonchev–Trinajstić information content (AvgIpc) is 3.05. The molecule has 5 heteroatoms. The topological polar surface area (TPSA) is 51.7 Å². The number of ether oxygens (including phenoxy) is 2. The van der Waals surface area contributed by atoms with E-state index in [1.807, 2.05) is 35.4 Å². The second-order valence-electron chi connectivity index (χ2n) is 8.53. The average molecular weight is 417 g/mol. The number of pyridine rings is 1. The number of amides is 1. The van der Waals surface area contributed by atoms with E-state index in [1.165, 1.54) is 6.42 Å². The Balaban J connectivity index is 1.50. The first-order chi connectivity index (χ1) is 15.2. The van der Waals surface area contributed by atoms with Gasteiger partial charge in [0.2, 0.25) is 5.91 Å². The van der Waals surface area contributed by atoms with Gasteiger partial charge in [-0.25, -0.2) is 0 Å². The van der Waals surface area contributed by atoms with Crippen molar-refractivity contribution in [3.63, 3.8) is 0 Å². The van der Waals surface area contributed by atoms with E-state index in [-0.39, 0.29) is 11.8 Å². The molecule has 1 aliphatic heterocycles. The summed E-state index contributed by atoms with van der Waals surface area (Å²) in [4.78, 5) is 19.8. The minimum absolute atomic E-state index is 0.157. The quantitative estimate of drug-likeness (QED) is 0.588. The number of benzene rings is 2. The number of fused-ring (bicyclic) bond motifs is 2. The van der Waals surface area contributed by atoms with Crippen LogP contribution in [-0.4, -0.2) is 36.1 Å². The fourth-order valence-corrected chi connectivity index (χ4v) is 4.83. The van der Waals surface area contributed by atoms with E-state index in [2.05, 4.69) is 23.2 Å². The van der Waals surface area contributed by atoms with Crippen LogP contribution in [0.2, 0.25) is 0 Å². The number of hydrogen-bond donors (Lipinski definition) is 0. The number of methoxy groups -OCH3 is 1. The van der Waals surface area contributed by atoms with Gasteiger partial charge in [0, 0.05) is 35.2 Å². The van der Waals surface area contributed by atoms with Gasteiger partial charge in [-0.05, 0) is 42.7 Å². The van der Waals surface area contributed by atoms with Crippen molar-refractivity contribution >= 4 is 16.8 Å². The zero-order valence-electron chi connectivity index (χ0n) is 18.0. The Morgan fingerprint density at radius 3 is 2.77 bits per heavy atom. The van der Waals surface area contributed by atoms with Crippen LogP contribution in [0.3, 0.4) is 0 Å². The highest BCUT2D eigenvalue weighted by Crippen LogP contribution is 2.39. The van der Waals surface area contributed by atoms with E-state index in [9.17, 15) is 4.79 Å². The molecular weight excluding hydrogens is 388 g/mol. The van der Waals surface area contributed by atoms with Gasteiger partial charge in [-0.1, -0.05) is 37.5 Å². The lowest BCUT2D eigenvalue weighted by molar-refractivity contribution is -0.137. The molecule has 0 spiro atoms. The SMILES string of the molecule is COc1cc(-c2cnc3ccccc3c2)cc2c1OCCN(C(=O)C1CCCCC1)C2. The number of carbonyl (C=O) groups is 1. The molecule has 0 radical (unpaired) electrons. The predicted octanol–water partition coefficient (Wildman–Crippen LogP) is 5.21. The van der Waals surface area contributed by atoms with E-state index in [0.717, 1.165) is 59.0 Å². The number of carbonyl (C=O) groups excluding carboxylic acids is 1. The van der Waals surface area contributed by atoms with Gasteiger partial charge in [-0.3, -0.25) is 9.78 Å². The molecule has 2 aromatic carbocycles. The third-order valence-electron chi connectivity index (χ3n) is 6.51. The molecule has 0 unspecified atom stereocenters. The van der Waals surface area contributed by atoms with E-state index < -0.39 is 0 Å². The van der Waals surface area contributed by atoms with Gasteiger partial charge in [0.1, 0.15) is 6.61 Å². The molecule has 1 fully saturated rings. The lowest BCUT2D eigenvalue weighted by Crippen LogP contribution is -2.37. The standard InChI is InChI=1S/C26H28N2O3/c1-30-24-15-20(21-13-19-9-5-6-10-23(19)27-16-21)14-22-17-28(11-12-31-25(22)24)26(29)18-7-3-2-4-8-18/h5-6,9-10,13-16,18H,2-4,7-8,11-12,17H2,1H3. The molecule has 2 aliphatic rings. The monoisotopic (exact) mass is 416 g/mol. The molecule has 5 nitrogen and oxygen atoms in total. The lowest BCUT2D eigenvalue weighted by atomic mass is 9.88. The zero-order chi connectivity index (χ0) is 21.2. The van der Waals surface area contributed by atoms with Crippen molar-refractivity contribution in [2.45, 2.75) is 38.6 Å². The summed E-state index contributed by atoms with van der Waals surface area (Å²) in [7, 11) is 1.66. The molecule has 0 N–H and O–H groups in total. The van der Waals surface area contributed by atoms with E-state index >= 15 is 0 Å². The molecule has 2 heterocycles. The van der Waals surface area contributed by atoms with Crippen LogP contribution in [0.15, 0.2) is 48.7 Å². The Morgan fingerprint density at radius 1 is 1.10 bits per heavy atom. The van der Waals surface area contributed by atoms with Gasteiger partial charge in [0.25, 0.3) is 0 Å². The highest BCUT2D eigenvalue weighted by molar-refractivity contribution is 5.84. The minimum Gasteiger partial charge on any atom is -0.493 e.